The summed E-state index contributed by atoms with van der Waals surface area (Å²) in [5.41, 5.74) is 2.60. The summed E-state index contributed by atoms with van der Waals surface area (Å²) in [5, 5.41) is 4.27. The molecule has 2 nitrogen and oxygen atoms in total. The summed E-state index contributed by atoms with van der Waals surface area (Å²) in [5.74, 6) is 0. The highest BCUT2D eigenvalue weighted by Gasteiger charge is 1.99. The van der Waals surface area contributed by atoms with Crippen molar-refractivity contribution >= 4 is 0 Å². The van der Waals surface area contributed by atoms with Gasteiger partial charge < -0.3 is 0 Å². The van der Waals surface area contributed by atoms with Crippen molar-refractivity contribution in [2.75, 3.05) is 0 Å². The van der Waals surface area contributed by atoms with E-state index >= 15 is 0 Å². The molecule has 0 saturated heterocycles. The fraction of sp³-hybridized carbons (Fsp3) is 0.667. The van der Waals surface area contributed by atoms with Crippen LogP contribution in [0, 0.1) is 13.8 Å². The van der Waals surface area contributed by atoms with Crippen LogP contribution in [0.3, 0.4) is 0 Å². The van der Waals surface area contributed by atoms with E-state index < -0.39 is 0 Å². The smallest absolute Gasteiger partial charge is 0.0521 e. The highest BCUT2D eigenvalue weighted by Crippen LogP contribution is 2.05. The number of nitrogens with zero attached hydrogens (tertiary/aromatic N) is 2. The SMILES string of the molecule is CCCCn1ncc(C)c1C. The molecule has 2 heteroatoms. The molecule has 1 rings (SSSR count). The first-order valence-corrected chi connectivity index (χ1v) is 4.24. The van der Waals surface area contributed by atoms with Gasteiger partial charge in [0.1, 0.15) is 0 Å². The van der Waals surface area contributed by atoms with Gasteiger partial charge >= 0.3 is 0 Å². The van der Waals surface area contributed by atoms with Crippen LogP contribution in [0.4, 0.5) is 0 Å². The maximum absolute atomic E-state index is 4.27. The fourth-order valence-electron chi connectivity index (χ4n) is 1.07. The Balaban J connectivity index is 2.63. The predicted octanol–water partition coefficient (Wildman–Crippen LogP) is 2.30. The third-order valence-electron chi connectivity index (χ3n) is 2.07. The minimum absolute atomic E-state index is 1.07. The summed E-state index contributed by atoms with van der Waals surface area (Å²) in [4.78, 5) is 0. The van der Waals surface area contributed by atoms with Gasteiger partial charge in [-0.25, -0.2) is 0 Å². The number of hydrogen-bond donors (Lipinski definition) is 0. The summed E-state index contributed by atoms with van der Waals surface area (Å²) in [7, 11) is 0. The molecule has 62 valence electrons. The molecular formula is C9H16N2. The van der Waals surface area contributed by atoms with Crippen LogP contribution in [0.5, 0.6) is 0 Å². The summed E-state index contributed by atoms with van der Waals surface area (Å²) < 4.78 is 2.08. The molecule has 0 aliphatic carbocycles. The third kappa shape index (κ3) is 1.82. The molecule has 0 aromatic carbocycles. The first-order chi connectivity index (χ1) is 5.25. The van der Waals surface area contributed by atoms with Gasteiger partial charge in [0.2, 0.25) is 0 Å². The fourth-order valence-corrected chi connectivity index (χ4v) is 1.07. The summed E-state index contributed by atoms with van der Waals surface area (Å²) in [6.45, 7) is 7.49. The lowest BCUT2D eigenvalue weighted by atomic mass is 10.3. The molecule has 0 N–H and O–H groups in total. The first-order valence-electron chi connectivity index (χ1n) is 4.24. The molecule has 1 aromatic rings. The van der Waals surface area contributed by atoms with Crippen molar-refractivity contribution in [2.45, 2.75) is 40.2 Å². The maximum atomic E-state index is 4.27. The van der Waals surface area contributed by atoms with Gasteiger partial charge in [0.15, 0.2) is 0 Å². The lowest BCUT2D eigenvalue weighted by molar-refractivity contribution is 0.558. The molecule has 0 saturated carbocycles. The van der Waals surface area contributed by atoms with E-state index in [-0.39, 0.29) is 0 Å². The Morgan fingerprint density at radius 1 is 1.45 bits per heavy atom. The molecule has 1 heterocycles. The zero-order valence-electron chi connectivity index (χ0n) is 7.59. The first kappa shape index (κ1) is 8.31. The standard InChI is InChI=1S/C9H16N2/c1-4-5-6-11-9(3)8(2)7-10-11/h7H,4-6H2,1-3H3. The van der Waals surface area contributed by atoms with E-state index in [9.17, 15) is 0 Å². The predicted molar refractivity (Wildman–Crippen MR) is 46.6 cm³/mol. The minimum Gasteiger partial charge on any atom is -0.270 e. The largest absolute Gasteiger partial charge is 0.270 e. The topological polar surface area (TPSA) is 17.8 Å². The van der Waals surface area contributed by atoms with Crippen LogP contribution >= 0.6 is 0 Å². The molecule has 0 fully saturated rings. The van der Waals surface area contributed by atoms with E-state index in [2.05, 4.69) is 30.6 Å². The Morgan fingerprint density at radius 2 is 2.18 bits per heavy atom. The summed E-state index contributed by atoms with van der Waals surface area (Å²) >= 11 is 0. The van der Waals surface area contributed by atoms with Crippen LogP contribution < -0.4 is 0 Å². The quantitative estimate of drug-likeness (QED) is 0.649. The van der Waals surface area contributed by atoms with E-state index in [4.69, 9.17) is 0 Å². The monoisotopic (exact) mass is 152 g/mol. The van der Waals surface area contributed by atoms with Gasteiger partial charge in [-0.3, -0.25) is 4.68 Å². The molecule has 0 aliphatic heterocycles. The van der Waals surface area contributed by atoms with Crippen molar-refractivity contribution in [1.82, 2.24) is 9.78 Å². The molecule has 0 atom stereocenters. The molecule has 0 bridgehead atoms. The maximum Gasteiger partial charge on any atom is 0.0521 e. The second-order valence-corrected chi connectivity index (χ2v) is 2.99. The molecule has 0 radical (unpaired) electrons. The van der Waals surface area contributed by atoms with Crippen LogP contribution in [0.2, 0.25) is 0 Å². The van der Waals surface area contributed by atoms with Crippen LogP contribution in [-0.4, -0.2) is 9.78 Å². The number of aryl methyl sites for hydroxylation is 2. The van der Waals surface area contributed by atoms with Crippen LogP contribution in [0.25, 0.3) is 0 Å². The normalized spacial score (nSPS) is 10.5. The van der Waals surface area contributed by atoms with Crippen molar-refractivity contribution in [1.29, 1.82) is 0 Å². The summed E-state index contributed by atoms with van der Waals surface area (Å²) in [6, 6.07) is 0. The van der Waals surface area contributed by atoms with Crippen molar-refractivity contribution < 1.29 is 0 Å². The average Bonchev–Trinajstić information content (AvgIpc) is 2.31. The van der Waals surface area contributed by atoms with Crippen LogP contribution in [-0.2, 0) is 6.54 Å². The lowest BCUT2D eigenvalue weighted by Gasteiger charge is -2.01. The Labute approximate surface area is 68.2 Å². The molecule has 0 spiro atoms. The molecule has 0 unspecified atom stereocenters. The van der Waals surface area contributed by atoms with Gasteiger partial charge in [-0.1, -0.05) is 13.3 Å². The Bertz CT molecular complexity index is 225. The third-order valence-corrected chi connectivity index (χ3v) is 2.07. The Kier molecular flexibility index (Phi) is 2.69. The number of aromatic nitrogens is 2. The number of rotatable bonds is 3. The van der Waals surface area contributed by atoms with Gasteiger partial charge in [-0.05, 0) is 25.8 Å². The molecule has 0 amide bonds. The number of unbranched alkanes of at least 4 members (excludes halogenated alkanes) is 1. The van der Waals surface area contributed by atoms with Gasteiger partial charge in [0.25, 0.3) is 0 Å². The molecular weight excluding hydrogens is 136 g/mol. The second-order valence-electron chi connectivity index (χ2n) is 2.99. The van der Waals surface area contributed by atoms with E-state index in [1.54, 1.807) is 0 Å². The second kappa shape index (κ2) is 3.56. The highest BCUT2D eigenvalue weighted by molar-refractivity contribution is 5.12. The van der Waals surface area contributed by atoms with Crippen LogP contribution in [0.15, 0.2) is 6.20 Å². The van der Waals surface area contributed by atoms with Gasteiger partial charge in [0.05, 0.1) is 6.20 Å². The number of hydrogen-bond acceptors (Lipinski definition) is 1. The van der Waals surface area contributed by atoms with Gasteiger partial charge in [-0.15, -0.1) is 0 Å². The van der Waals surface area contributed by atoms with E-state index in [1.807, 2.05) is 6.20 Å². The lowest BCUT2D eigenvalue weighted by Crippen LogP contribution is -2.01. The van der Waals surface area contributed by atoms with E-state index in [0.717, 1.165) is 6.54 Å². The Morgan fingerprint density at radius 3 is 2.64 bits per heavy atom. The zero-order chi connectivity index (χ0) is 8.27. The van der Waals surface area contributed by atoms with E-state index in [0.29, 0.717) is 0 Å². The van der Waals surface area contributed by atoms with E-state index in [1.165, 1.54) is 24.1 Å². The molecule has 1 aromatic heterocycles. The van der Waals surface area contributed by atoms with Crippen LogP contribution in [0.1, 0.15) is 31.0 Å². The highest BCUT2D eigenvalue weighted by atomic mass is 15.3. The van der Waals surface area contributed by atoms with Gasteiger partial charge in [0, 0.05) is 12.2 Å². The average molecular weight is 152 g/mol. The molecule has 0 aliphatic rings. The zero-order valence-corrected chi connectivity index (χ0v) is 7.59. The van der Waals surface area contributed by atoms with Crippen molar-refractivity contribution in [2.24, 2.45) is 0 Å². The summed E-state index contributed by atoms with van der Waals surface area (Å²) in [6.07, 6.45) is 4.39. The molecule has 11 heavy (non-hydrogen) atoms. The van der Waals surface area contributed by atoms with Crippen molar-refractivity contribution in [3.63, 3.8) is 0 Å². The Hall–Kier alpha value is -0.790. The van der Waals surface area contributed by atoms with Crippen molar-refractivity contribution in [3.8, 4) is 0 Å². The van der Waals surface area contributed by atoms with Crippen molar-refractivity contribution in [3.05, 3.63) is 17.5 Å². The van der Waals surface area contributed by atoms with Gasteiger partial charge in [-0.2, -0.15) is 5.10 Å². The minimum atomic E-state index is 1.07.